The van der Waals surface area contributed by atoms with Gasteiger partial charge in [0.15, 0.2) is 0 Å². The van der Waals surface area contributed by atoms with E-state index in [1.807, 2.05) is 19.6 Å². The smallest absolute Gasteiger partial charge is 0.0946 e. The van der Waals surface area contributed by atoms with Gasteiger partial charge in [0, 0.05) is 13.2 Å². The molecular formula is C12H22N4. The quantitative estimate of drug-likeness (QED) is 0.826. The van der Waals surface area contributed by atoms with Crippen LogP contribution in [-0.4, -0.2) is 41.1 Å². The summed E-state index contributed by atoms with van der Waals surface area (Å²) in [4.78, 5) is 6.80. The van der Waals surface area contributed by atoms with Gasteiger partial charge in [-0.25, -0.2) is 4.98 Å². The molecule has 0 aliphatic carbocycles. The van der Waals surface area contributed by atoms with Crippen LogP contribution in [0.2, 0.25) is 0 Å². The molecule has 2 unspecified atom stereocenters. The highest BCUT2D eigenvalue weighted by Crippen LogP contribution is 2.36. The predicted octanol–water partition coefficient (Wildman–Crippen LogP) is 1.02. The molecule has 16 heavy (non-hydrogen) atoms. The number of nitrogens with one attached hydrogen (secondary N) is 1. The lowest BCUT2D eigenvalue weighted by atomic mass is 9.98. The van der Waals surface area contributed by atoms with Gasteiger partial charge in [0.2, 0.25) is 0 Å². The van der Waals surface area contributed by atoms with Gasteiger partial charge in [0.25, 0.3) is 0 Å². The first-order chi connectivity index (χ1) is 7.77. The molecule has 90 valence electrons. The molecule has 4 heteroatoms. The van der Waals surface area contributed by atoms with E-state index in [4.69, 9.17) is 0 Å². The van der Waals surface area contributed by atoms with Gasteiger partial charge >= 0.3 is 0 Å². The second-order valence-corrected chi connectivity index (χ2v) is 4.61. The standard InChI is InChI=1S/C12H22N4/c1-4-16-6-5-10(7-13-2)12(16)11-8-14-9-15(11)3/h8-10,12-13H,4-7H2,1-3H3. The van der Waals surface area contributed by atoms with Crippen molar-refractivity contribution in [3.63, 3.8) is 0 Å². The van der Waals surface area contributed by atoms with E-state index in [2.05, 4.69) is 33.7 Å². The molecule has 1 fully saturated rings. The lowest BCUT2D eigenvalue weighted by Gasteiger charge is -2.27. The predicted molar refractivity (Wildman–Crippen MR) is 65.2 cm³/mol. The molecule has 0 spiro atoms. The van der Waals surface area contributed by atoms with E-state index in [0.717, 1.165) is 13.1 Å². The number of imidazole rings is 1. The summed E-state index contributed by atoms with van der Waals surface area (Å²) in [5, 5.41) is 3.31. The molecule has 0 saturated carbocycles. The van der Waals surface area contributed by atoms with E-state index in [9.17, 15) is 0 Å². The van der Waals surface area contributed by atoms with Crippen molar-refractivity contribution in [2.75, 3.05) is 26.7 Å². The topological polar surface area (TPSA) is 33.1 Å². The van der Waals surface area contributed by atoms with Crippen molar-refractivity contribution in [1.29, 1.82) is 0 Å². The van der Waals surface area contributed by atoms with E-state index in [0.29, 0.717) is 12.0 Å². The maximum atomic E-state index is 4.25. The van der Waals surface area contributed by atoms with Crippen LogP contribution in [0.25, 0.3) is 0 Å². The summed E-state index contributed by atoms with van der Waals surface area (Å²) in [5.74, 6) is 0.709. The highest BCUT2D eigenvalue weighted by atomic mass is 15.2. The zero-order valence-corrected chi connectivity index (χ0v) is 10.5. The van der Waals surface area contributed by atoms with Crippen molar-refractivity contribution in [3.8, 4) is 0 Å². The molecular weight excluding hydrogens is 200 g/mol. The van der Waals surface area contributed by atoms with Crippen molar-refractivity contribution < 1.29 is 0 Å². The van der Waals surface area contributed by atoms with Gasteiger partial charge in [-0.1, -0.05) is 6.92 Å². The van der Waals surface area contributed by atoms with E-state index >= 15 is 0 Å². The Bertz CT molecular complexity index is 334. The zero-order chi connectivity index (χ0) is 11.5. The largest absolute Gasteiger partial charge is 0.336 e. The van der Waals surface area contributed by atoms with Crippen LogP contribution in [0.1, 0.15) is 25.1 Å². The van der Waals surface area contributed by atoms with Gasteiger partial charge in [0.1, 0.15) is 0 Å². The molecule has 2 heterocycles. The number of hydrogen-bond donors (Lipinski definition) is 1. The van der Waals surface area contributed by atoms with Crippen LogP contribution in [0, 0.1) is 5.92 Å². The van der Waals surface area contributed by atoms with Crippen LogP contribution in [0.15, 0.2) is 12.5 Å². The first-order valence-electron chi connectivity index (χ1n) is 6.12. The highest BCUT2D eigenvalue weighted by Gasteiger charge is 2.35. The highest BCUT2D eigenvalue weighted by molar-refractivity contribution is 5.10. The summed E-state index contributed by atoms with van der Waals surface area (Å²) in [6.45, 7) is 5.66. The molecule has 2 rings (SSSR count). The van der Waals surface area contributed by atoms with Crippen molar-refractivity contribution in [1.82, 2.24) is 19.8 Å². The SMILES string of the molecule is CCN1CCC(CNC)C1c1cncn1C. The number of likely N-dealkylation sites (tertiary alicyclic amines) is 1. The number of aryl methyl sites for hydroxylation is 1. The molecule has 0 radical (unpaired) electrons. The fourth-order valence-corrected chi connectivity index (χ4v) is 2.84. The van der Waals surface area contributed by atoms with Crippen LogP contribution in [-0.2, 0) is 7.05 Å². The fourth-order valence-electron chi connectivity index (χ4n) is 2.84. The Hall–Kier alpha value is -0.870. The summed E-state index contributed by atoms with van der Waals surface area (Å²) >= 11 is 0. The molecule has 1 aliphatic heterocycles. The molecule has 4 nitrogen and oxygen atoms in total. The van der Waals surface area contributed by atoms with Gasteiger partial charge in [-0.3, -0.25) is 4.90 Å². The fraction of sp³-hybridized carbons (Fsp3) is 0.750. The third-order valence-electron chi connectivity index (χ3n) is 3.66. The van der Waals surface area contributed by atoms with Crippen LogP contribution >= 0.6 is 0 Å². The van der Waals surface area contributed by atoms with Crippen molar-refractivity contribution in [2.24, 2.45) is 13.0 Å². The van der Waals surface area contributed by atoms with Gasteiger partial charge in [0.05, 0.1) is 18.1 Å². The van der Waals surface area contributed by atoms with Crippen LogP contribution in [0.3, 0.4) is 0 Å². The summed E-state index contributed by atoms with van der Waals surface area (Å²) in [6, 6.07) is 0.532. The number of hydrogen-bond acceptors (Lipinski definition) is 3. The third-order valence-corrected chi connectivity index (χ3v) is 3.66. The number of aromatic nitrogens is 2. The molecule has 1 aliphatic rings. The Morgan fingerprint density at radius 3 is 2.94 bits per heavy atom. The Morgan fingerprint density at radius 1 is 1.56 bits per heavy atom. The van der Waals surface area contributed by atoms with Crippen LogP contribution in [0.5, 0.6) is 0 Å². The second kappa shape index (κ2) is 4.97. The van der Waals surface area contributed by atoms with Crippen LogP contribution in [0.4, 0.5) is 0 Å². The van der Waals surface area contributed by atoms with Gasteiger partial charge in [-0.2, -0.15) is 0 Å². The average molecular weight is 222 g/mol. The van der Waals surface area contributed by atoms with Crippen molar-refractivity contribution in [2.45, 2.75) is 19.4 Å². The Kier molecular flexibility index (Phi) is 3.61. The minimum atomic E-state index is 0.532. The molecule has 1 aromatic heterocycles. The monoisotopic (exact) mass is 222 g/mol. The Labute approximate surface area is 97.7 Å². The van der Waals surface area contributed by atoms with Gasteiger partial charge in [-0.05, 0) is 39.0 Å². The minimum absolute atomic E-state index is 0.532. The number of nitrogens with zero attached hydrogens (tertiary/aromatic N) is 3. The van der Waals surface area contributed by atoms with Crippen molar-refractivity contribution >= 4 is 0 Å². The maximum absolute atomic E-state index is 4.25. The van der Waals surface area contributed by atoms with Crippen molar-refractivity contribution in [3.05, 3.63) is 18.2 Å². The molecule has 1 aromatic rings. The lowest BCUT2D eigenvalue weighted by molar-refractivity contribution is 0.229. The van der Waals surface area contributed by atoms with E-state index in [-0.39, 0.29) is 0 Å². The van der Waals surface area contributed by atoms with Gasteiger partial charge < -0.3 is 9.88 Å². The van der Waals surface area contributed by atoms with E-state index < -0.39 is 0 Å². The van der Waals surface area contributed by atoms with Gasteiger partial charge in [-0.15, -0.1) is 0 Å². The molecule has 0 bridgehead atoms. The Morgan fingerprint density at radius 2 is 2.38 bits per heavy atom. The molecule has 1 saturated heterocycles. The average Bonchev–Trinajstić information content (AvgIpc) is 2.85. The van der Waals surface area contributed by atoms with E-state index in [1.165, 1.54) is 18.7 Å². The summed E-state index contributed by atoms with van der Waals surface area (Å²) in [6.07, 6.45) is 5.20. The first kappa shape index (κ1) is 11.6. The molecule has 1 N–H and O–H groups in total. The third kappa shape index (κ3) is 1.99. The normalized spacial score (nSPS) is 26.4. The minimum Gasteiger partial charge on any atom is -0.336 e. The summed E-state index contributed by atoms with van der Waals surface area (Å²) in [7, 11) is 4.12. The lowest BCUT2D eigenvalue weighted by Crippen LogP contribution is -2.30. The maximum Gasteiger partial charge on any atom is 0.0946 e. The zero-order valence-electron chi connectivity index (χ0n) is 10.5. The second-order valence-electron chi connectivity index (χ2n) is 4.61. The molecule has 0 aromatic carbocycles. The summed E-state index contributed by atoms with van der Waals surface area (Å²) in [5.41, 5.74) is 1.35. The Balaban J connectivity index is 2.22. The molecule has 2 atom stereocenters. The van der Waals surface area contributed by atoms with E-state index in [1.54, 1.807) is 0 Å². The summed E-state index contributed by atoms with van der Waals surface area (Å²) < 4.78 is 2.15. The molecule has 0 amide bonds. The first-order valence-corrected chi connectivity index (χ1v) is 6.12. The number of rotatable bonds is 4. The van der Waals surface area contributed by atoms with Crippen LogP contribution < -0.4 is 5.32 Å².